The minimum atomic E-state index is -0.418. The van der Waals surface area contributed by atoms with Gasteiger partial charge in [-0.25, -0.2) is 15.0 Å². The lowest BCUT2D eigenvalue weighted by Gasteiger charge is -2.11. The highest BCUT2D eigenvalue weighted by atomic mass is 16.2. The predicted octanol–water partition coefficient (Wildman–Crippen LogP) is 3.22. The Morgan fingerprint density at radius 1 is 0.906 bits per heavy atom. The van der Waals surface area contributed by atoms with E-state index in [1.165, 1.54) is 18.5 Å². The Labute approximate surface area is 183 Å². The van der Waals surface area contributed by atoms with Gasteiger partial charge < -0.3 is 9.88 Å². The number of carbonyl (C=O) groups excluding carboxylic acids is 2. The van der Waals surface area contributed by atoms with Crippen LogP contribution in [0.5, 0.6) is 0 Å². The highest BCUT2D eigenvalue weighted by Crippen LogP contribution is 2.20. The molecule has 0 aliphatic rings. The van der Waals surface area contributed by atoms with Gasteiger partial charge in [-0.1, -0.05) is 12.1 Å². The Hall–Kier alpha value is -4.47. The first kappa shape index (κ1) is 20.8. The first-order valence-electron chi connectivity index (χ1n) is 9.88. The van der Waals surface area contributed by atoms with Crippen molar-refractivity contribution in [2.45, 2.75) is 19.9 Å². The van der Waals surface area contributed by atoms with Crippen LogP contribution in [0.3, 0.4) is 0 Å². The zero-order valence-electron chi connectivity index (χ0n) is 17.4. The van der Waals surface area contributed by atoms with Gasteiger partial charge >= 0.3 is 0 Å². The molecule has 3 aromatic heterocycles. The third-order valence-electron chi connectivity index (χ3n) is 4.53. The number of aromatic nitrogens is 6. The average Bonchev–Trinajstić information content (AvgIpc) is 3.30. The number of benzene rings is 1. The lowest BCUT2D eigenvalue weighted by molar-refractivity contribution is 0.102. The molecule has 2 N–H and O–H groups in total. The number of nitrogens with zero attached hydrogens (tertiary/aromatic N) is 6. The van der Waals surface area contributed by atoms with Crippen LogP contribution in [-0.4, -0.2) is 41.5 Å². The maximum absolute atomic E-state index is 12.8. The van der Waals surface area contributed by atoms with Crippen LogP contribution in [0.25, 0.3) is 11.5 Å². The van der Waals surface area contributed by atoms with E-state index in [1.807, 2.05) is 18.4 Å². The number of rotatable bonds is 6. The molecule has 2 amide bonds. The molecule has 4 rings (SSSR count). The Bertz CT molecular complexity index is 1250. The third kappa shape index (κ3) is 4.64. The average molecular weight is 428 g/mol. The molecule has 0 saturated carbocycles. The van der Waals surface area contributed by atoms with Crippen LogP contribution in [0.1, 0.15) is 40.6 Å². The first-order valence-corrected chi connectivity index (χ1v) is 9.88. The van der Waals surface area contributed by atoms with E-state index in [9.17, 15) is 9.59 Å². The maximum atomic E-state index is 12.8. The van der Waals surface area contributed by atoms with Gasteiger partial charge in [-0.3, -0.25) is 14.9 Å². The second-order valence-electron chi connectivity index (χ2n) is 7.13. The standard InChI is InChI=1S/C22H20N8O2/c1-14(2)30-13-25-29-19(30)17-8-4-9-18(26-17)27-20(31)15-6-3-7-16(12-15)21(32)28-22-23-10-5-11-24-22/h3-14H,1-2H3,(H,26,27,31)(H,23,24,28,32). The van der Waals surface area contributed by atoms with Crippen molar-refractivity contribution in [2.75, 3.05) is 10.6 Å². The monoisotopic (exact) mass is 428 g/mol. The van der Waals surface area contributed by atoms with Crippen molar-refractivity contribution in [3.8, 4) is 11.5 Å². The van der Waals surface area contributed by atoms with Crippen molar-refractivity contribution in [2.24, 2.45) is 0 Å². The summed E-state index contributed by atoms with van der Waals surface area (Å²) < 4.78 is 1.90. The second-order valence-corrected chi connectivity index (χ2v) is 7.13. The summed E-state index contributed by atoms with van der Waals surface area (Å²) in [5, 5.41) is 13.4. The SMILES string of the molecule is CC(C)n1cnnc1-c1cccc(NC(=O)c2cccc(C(=O)Nc3ncccn3)c2)n1. The Morgan fingerprint density at radius 3 is 2.31 bits per heavy atom. The fraction of sp³-hybridized carbons (Fsp3) is 0.136. The molecule has 4 aromatic rings. The minimum absolute atomic E-state index is 0.162. The second kappa shape index (κ2) is 9.13. The molecule has 1 aromatic carbocycles. The van der Waals surface area contributed by atoms with E-state index in [0.29, 0.717) is 28.5 Å². The summed E-state index contributed by atoms with van der Waals surface area (Å²) in [6, 6.07) is 13.4. The van der Waals surface area contributed by atoms with Crippen molar-refractivity contribution < 1.29 is 9.59 Å². The van der Waals surface area contributed by atoms with Gasteiger partial charge in [0, 0.05) is 29.6 Å². The van der Waals surface area contributed by atoms with Gasteiger partial charge in [-0.05, 0) is 50.2 Å². The number of hydrogen-bond acceptors (Lipinski definition) is 7. The van der Waals surface area contributed by atoms with Crippen LogP contribution in [0.15, 0.2) is 67.3 Å². The summed E-state index contributed by atoms with van der Waals surface area (Å²) >= 11 is 0. The summed E-state index contributed by atoms with van der Waals surface area (Å²) in [5.74, 6) is 0.337. The molecule has 0 aliphatic heterocycles. The maximum Gasteiger partial charge on any atom is 0.258 e. The molecular formula is C22H20N8O2. The van der Waals surface area contributed by atoms with Crippen LogP contribution < -0.4 is 10.6 Å². The van der Waals surface area contributed by atoms with Gasteiger partial charge in [0.1, 0.15) is 17.8 Å². The van der Waals surface area contributed by atoms with E-state index in [2.05, 4.69) is 35.8 Å². The summed E-state index contributed by atoms with van der Waals surface area (Å²) in [6.07, 6.45) is 4.69. The summed E-state index contributed by atoms with van der Waals surface area (Å²) in [5.41, 5.74) is 1.20. The van der Waals surface area contributed by atoms with Gasteiger partial charge in [0.15, 0.2) is 5.82 Å². The zero-order chi connectivity index (χ0) is 22.5. The van der Waals surface area contributed by atoms with Crippen molar-refractivity contribution in [3.63, 3.8) is 0 Å². The quantitative estimate of drug-likeness (QED) is 0.483. The number of anilines is 2. The minimum Gasteiger partial charge on any atom is -0.310 e. The topological polar surface area (TPSA) is 128 Å². The predicted molar refractivity (Wildman–Crippen MR) is 118 cm³/mol. The molecular weight excluding hydrogens is 408 g/mol. The first-order chi connectivity index (χ1) is 15.5. The van der Waals surface area contributed by atoms with Crippen LogP contribution in [0.4, 0.5) is 11.8 Å². The molecule has 10 heteroatoms. The van der Waals surface area contributed by atoms with E-state index >= 15 is 0 Å². The number of carbonyl (C=O) groups is 2. The fourth-order valence-corrected chi connectivity index (χ4v) is 2.96. The van der Waals surface area contributed by atoms with E-state index in [1.54, 1.807) is 48.8 Å². The zero-order valence-corrected chi connectivity index (χ0v) is 17.4. The number of hydrogen-bond donors (Lipinski definition) is 2. The molecule has 0 radical (unpaired) electrons. The molecule has 0 unspecified atom stereocenters. The normalized spacial score (nSPS) is 10.7. The van der Waals surface area contributed by atoms with Gasteiger partial charge in [0.25, 0.3) is 11.8 Å². The van der Waals surface area contributed by atoms with E-state index in [-0.39, 0.29) is 12.0 Å². The highest BCUT2D eigenvalue weighted by molar-refractivity contribution is 6.08. The molecule has 0 bridgehead atoms. The van der Waals surface area contributed by atoms with E-state index < -0.39 is 11.8 Å². The molecule has 0 atom stereocenters. The van der Waals surface area contributed by atoms with Crippen molar-refractivity contribution in [3.05, 3.63) is 78.4 Å². The van der Waals surface area contributed by atoms with Gasteiger partial charge in [-0.2, -0.15) is 0 Å². The van der Waals surface area contributed by atoms with Gasteiger partial charge in [-0.15, -0.1) is 10.2 Å². The van der Waals surface area contributed by atoms with Gasteiger partial charge in [0.2, 0.25) is 5.95 Å². The third-order valence-corrected chi connectivity index (χ3v) is 4.53. The lowest BCUT2D eigenvalue weighted by atomic mass is 10.1. The molecule has 0 saturated heterocycles. The molecule has 0 fully saturated rings. The molecule has 10 nitrogen and oxygen atoms in total. The fourth-order valence-electron chi connectivity index (χ4n) is 2.96. The molecule has 0 spiro atoms. The van der Waals surface area contributed by atoms with Crippen molar-refractivity contribution >= 4 is 23.6 Å². The van der Waals surface area contributed by atoms with Crippen molar-refractivity contribution in [1.29, 1.82) is 0 Å². The summed E-state index contributed by atoms with van der Waals surface area (Å²) in [6.45, 7) is 4.04. The summed E-state index contributed by atoms with van der Waals surface area (Å²) in [7, 11) is 0. The molecule has 3 heterocycles. The number of nitrogens with one attached hydrogen (secondary N) is 2. The van der Waals surface area contributed by atoms with Crippen LogP contribution in [0, 0.1) is 0 Å². The van der Waals surface area contributed by atoms with Crippen LogP contribution >= 0.6 is 0 Å². The number of amides is 2. The summed E-state index contributed by atoms with van der Waals surface area (Å²) in [4.78, 5) is 37.6. The Kier molecular flexibility index (Phi) is 5.93. The molecule has 0 aliphatic carbocycles. The molecule has 160 valence electrons. The molecule has 32 heavy (non-hydrogen) atoms. The smallest absolute Gasteiger partial charge is 0.258 e. The van der Waals surface area contributed by atoms with Gasteiger partial charge in [0.05, 0.1) is 0 Å². The van der Waals surface area contributed by atoms with E-state index in [4.69, 9.17) is 0 Å². The highest BCUT2D eigenvalue weighted by Gasteiger charge is 2.15. The Balaban J connectivity index is 1.50. The number of pyridine rings is 1. The lowest BCUT2D eigenvalue weighted by Crippen LogP contribution is -2.17. The van der Waals surface area contributed by atoms with E-state index in [0.717, 1.165) is 0 Å². The van der Waals surface area contributed by atoms with Crippen LogP contribution in [0.2, 0.25) is 0 Å². The van der Waals surface area contributed by atoms with Crippen LogP contribution in [-0.2, 0) is 0 Å². The van der Waals surface area contributed by atoms with Crippen molar-refractivity contribution in [1.82, 2.24) is 29.7 Å². The largest absolute Gasteiger partial charge is 0.310 e. The Morgan fingerprint density at radius 2 is 1.59 bits per heavy atom.